The Bertz CT molecular complexity index is 615. The van der Waals surface area contributed by atoms with Crippen molar-refractivity contribution < 1.29 is 9.90 Å². The van der Waals surface area contributed by atoms with Crippen molar-refractivity contribution in [1.29, 1.82) is 0 Å². The Labute approximate surface area is 122 Å². The third-order valence-corrected chi connectivity index (χ3v) is 4.20. The van der Waals surface area contributed by atoms with Gasteiger partial charge in [-0.2, -0.15) is 0 Å². The molecule has 0 aliphatic carbocycles. The predicted octanol–water partition coefficient (Wildman–Crippen LogP) is 3.24. The average Bonchev–Trinajstić information content (AvgIpc) is 2.88. The minimum atomic E-state index is -0.960. The Hall–Kier alpha value is -1.88. The summed E-state index contributed by atoms with van der Waals surface area (Å²) in [6.07, 6.45) is 0. The molecule has 2 aromatic rings. The van der Waals surface area contributed by atoms with Gasteiger partial charge in [0.15, 0.2) is 0 Å². The summed E-state index contributed by atoms with van der Waals surface area (Å²) < 4.78 is 0. The second-order valence-electron chi connectivity index (χ2n) is 5.41. The van der Waals surface area contributed by atoms with Gasteiger partial charge in [0.2, 0.25) is 0 Å². The number of nitrogens with zero attached hydrogens (tertiary/aromatic N) is 2. The Morgan fingerprint density at radius 2 is 1.85 bits per heavy atom. The van der Waals surface area contributed by atoms with E-state index in [9.17, 15) is 9.90 Å². The van der Waals surface area contributed by atoms with E-state index in [1.54, 1.807) is 13.8 Å². The minimum absolute atomic E-state index is 0.599. The number of anilines is 1. The van der Waals surface area contributed by atoms with Crippen LogP contribution in [0.25, 0.3) is 10.6 Å². The molecule has 1 N–H and O–H groups in total. The van der Waals surface area contributed by atoms with Gasteiger partial charge in [-0.15, -0.1) is 11.3 Å². The molecule has 0 unspecified atom stereocenters. The third kappa shape index (κ3) is 2.67. The monoisotopic (exact) mass is 290 g/mol. The van der Waals surface area contributed by atoms with Crippen LogP contribution in [0, 0.1) is 0 Å². The predicted molar refractivity (Wildman–Crippen MR) is 82.5 cm³/mol. The highest BCUT2D eigenvalue weighted by Gasteiger charge is 2.32. The van der Waals surface area contributed by atoms with E-state index in [1.165, 1.54) is 11.3 Å². The minimum Gasteiger partial charge on any atom is -0.481 e. The maximum absolute atomic E-state index is 11.2. The number of thiazole rings is 1. The quantitative estimate of drug-likeness (QED) is 0.939. The van der Waals surface area contributed by atoms with Crippen LogP contribution in [0.3, 0.4) is 0 Å². The molecule has 0 bridgehead atoms. The van der Waals surface area contributed by atoms with Crippen molar-refractivity contribution in [3.8, 4) is 10.6 Å². The van der Waals surface area contributed by atoms with E-state index in [4.69, 9.17) is 0 Å². The molecule has 0 fully saturated rings. The summed E-state index contributed by atoms with van der Waals surface area (Å²) in [5.41, 5.74) is 1.77. The van der Waals surface area contributed by atoms with E-state index < -0.39 is 11.4 Å². The highest BCUT2D eigenvalue weighted by molar-refractivity contribution is 7.13. The van der Waals surface area contributed by atoms with Crippen molar-refractivity contribution in [3.63, 3.8) is 0 Å². The molecule has 0 atom stereocenters. The van der Waals surface area contributed by atoms with E-state index in [1.807, 2.05) is 48.6 Å². The number of carboxylic acid groups (broad SMARTS) is 1. The Balaban J connectivity index is 2.31. The van der Waals surface area contributed by atoms with Crippen molar-refractivity contribution >= 4 is 23.0 Å². The van der Waals surface area contributed by atoms with Gasteiger partial charge in [-0.05, 0) is 38.1 Å². The highest BCUT2D eigenvalue weighted by Crippen LogP contribution is 2.31. The molecular formula is C15H18N2O2S. The summed E-state index contributed by atoms with van der Waals surface area (Å²) in [6, 6.07) is 8.06. The first-order valence-corrected chi connectivity index (χ1v) is 7.17. The largest absolute Gasteiger partial charge is 0.481 e. The number of aliphatic carboxylic acids is 1. The summed E-state index contributed by atoms with van der Waals surface area (Å²) in [4.78, 5) is 17.8. The van der Waals surface area contributed by atoms with Gasteiger partial charge >= 0.3 is 5.97 Å². The van der Waals surface area contributed by atoms with E-state index in [0.29, 0.717) is 5.69 Å². The molecule has 0 aliphatic heterocycles. The van der Waals surface area contributed by atoms with Gasteiger partial charge in [-0.1, -0.05) is 0 Å². The molecule has 0 radical (unpaired) electrons. The molecule has 0 amide bonds. The van der Waals surface area contributed by atoms with E-state index in [0.717, 1.165) is 16.3 Å². The van der Waals surface area contributed by atoms with Crippen LogP contribution in [-0.2, 0) is 10.2 Å². The molecule has 1 aromatic heterocycles. The summed E-state index contributed by atoms with van der Waals surface area (Å²) in [7, 11) is 3.98. The Morgan fingerprint density at radius 3 is 2.35 bits per heavy atom. The number of carboxylic acids is 1. The van der Waals surface area contributed by atoms with Crippen LogP contribution in [0.5, 0.6) is 0 Å². The molecule has 0 aliphatic rings. The molecule has 0 saturated heterocycles. The van der Waals surface area contributed by atoms with Crippen molar-refractivity contribution in [2.75, 3.05) is 19.0 Å². The van der Waals surface area contributed by atoms with Gasteiger partial charge in [0.1, 0.15) is 10.4 Å². The lowest BCUT2D eigenvalue weighted by Gasteiger charge is -2.15. The smallest absolute Gasteiger partial charge is 0.315 e. The van der Waals surface area contributed by atoms with Gasteiger partial charge in [-0.25, -0.2) is 4.98 Å². The lowest BCUT2D eigenvalue weighted by molar-refractivity contribution is -0.142. The van der Waals surface area contributed by atoms with Crippen molar-refractivity contribution in [2.24, 2.45) is 0 Å². The molecule has 106 valence electrons. The molecule has 4 nitrogen and oxygen atoms in total. The van der Waals surface area contributed by atoms with Crippen LogP contribution in [0.2, 0.25) is 0 Å². The van der Waals surface area contributed by atoms with E-state index in [2.05, 4.69) is 4.98 Å². The summed E-state index contributed by atoms with van der Waals surface area (Å²) in [5.74, 6) is -0.864. The molecule has 2 rings (SSSR count). The number of carbonyl (C=O) groups is 1. The number of aromatic nitrogens is 1. The fraction of sp³-hybridized carbons (Fsp3) is 0.333. The molecule has 20 heavy (non-hydrogen) atoms. The van der Waals surface area contributed by atoms with E-state index >= 15 is 0 Å². The second-order valence-corrected chi connectivity index (χ2v) is 6.27. The number of hydrogen-bond acceptors (Lipinski definition) is 4. The zero-order valence-electron chi connectivity index (χ0n) is 12.0. The third-order valence-electron chi connectivity index (χ3n) is 3.31. The normalized spacial score (nSPS) is 11.4. The molecular weight excluding hydrogens is 272 g/mol. The van der Waals surface area contributed by atoms with Crippen molar-refractivity contribution in [3.05, 3.63) is 35.3 Å². The van der Waals surface area contributed by atoms with Gasteiger partial charge < -0.3 is 10.0 Å². The lowest BCUT2D eigenvalue weighted by Crippen LogP contribution is -2.28. The topological polar surface area (TPSA) is 53.4 Å². The standard InChI is InChI=1S/C15H18N2O2S/c1-15(2,14(18)19)12-9-20-13(16-12)10-5-7-11(8-6-10)17(3)4/h5-9H,1-4H3,(H,18,19). The highest BCUT2D eigenvalue weighted by atomic mass is 32.1. The fourth-order valence-electron chi connectivity index (χ4n) is 1.71. The van der Waals surface area contributed by atoms with Gasteiger partial charge in [0.25, 0.3) is 0 Å². The van der Waals surface area contributed by atoms with Gasteiger partial charge in [0, 0.05) is 30.7 Å². The van der Waals surface area contributed by atoms with Gasteiger partial charge in [-0.3, -0.25) is 4.79 Å². The van der Waals surface area contributed by atoms with Crippen LogP contribution < -0.4 is 4.90 Å². The summed E-state index contributed by atoms with van der Waals surface area (Å²) in [6.45, 7) is 3.34. The molecule has 1 heterocycles. The van der Waals surface area contributed by atoms with Gasteiger partial charge in [0.05, 0.1) is 5.69 Å². The molecule has 5 heteroatoms. The van der Waals surface area contributed by atoms with Crippen LogP contribution in [-0.4, -0.2) is 30.2 Å². The molecule has 1 aromatic carbocycles. The molecule has 0 spiro atoms. The first-order chi connectivity index (χ1) is 9.32. The SMILES string of the molecule is CN(C)c1ccc(-c2nc(C(C)(C)C(=O)O)cs2)cc1. The van der Waals surface area contributed by atoms with Crippen LogP contribution >= 0.6 is 11.3 Å². The van der Waals surface area contributed by atoms with E-state index in [-0.39, 0.29) is 0 Å². The molecule has 0 saturated carbocycles. The first-order valence-electron chi connectivity index (χ1n) is 6.29. The Morgan fingerprint density at radius 1 is 1.25 bits per heavy atom. The second kappa shape index (κ2) is 5.25. The maximum Gasteiger partial charge on any atom is 0.315 e. The van der Waals surface area contributed by atoms with Crippen molar-refractivity contribution in [2.45, 2.75) is 19.3 Å². The zero-order valence-corrected chi connectivity index (χ0v) is 12.9. The fourth-order valence-corrected chi connectivity index (χ4v) is 2.70. The van der Waals surface area contributed by atoms with Crippen LogP contribution in [0.1, 0.15) is 19.5 Å². The van der Waals surface area contributed by atoms with Crippen molar-refractivity contribution in [1.82, 2.24) is 4.98 Å². The number of benzene rings is 1. The average molecular weight is 290 g/mol. The zero-order chi connectivity index (χ0) is 14.9. The van der Waals surface area contributed by atoms with Crippen LogP contribution in [0.15, 0.2) is 29.6 Å². The number of rotatable bonds is 4. The Kier molecular flexibility index (Phi) is 3.81. The summed E-state index contributed by atoms with van der Waals surface area (Å²) in [5, 5.41) is 11.9. The number of hydrogen-bond donors (Lipinski definition) is 1. The lowest BCUT2D eigenvalue weighted by atomic mass is 9.90. The van der Waals surface area contributed by atoms with Crippen LogP contribution in [0.4, 0.5) is 5.69 Å². The maximum atomic E-state index is 11.2. The summed E-state index contributed by atoms with van der Waals surface area (Å²) >= 11 is 1.47. The first kappa shape index (κ1) is 14.5.